The molecule has 1 saturated heterocycles. The van der Waals surface area contributed by atoms with Gasteiger partial charge in [0.1, 0.15) is 5.82 Å². The van der Waals surface area contributed by atoms with Gasteiger partial charge in [0.15, 0.2) is 0 Å². The van der Waals surface area contributed by atoms with E-state index in [1.54, 1.807) is 17.0 Å². The summed E-state index contributed by atoms with van der Waals surface area (Å²) in [5.41, 5.74) is 0.110. The van der Waals surface area contributed by atoms with E-state index in [2.05, 4.69) is 15.9 Å². The molecule has 5 heteroatoms. The minimum atomic E-state index is -0.493. The van der Waals surface area contributed by atoms with Crippen LogP contribution in [0.1, 0.15) is 36.0 Å². The van der Waals surface area contributed by atoms with Gasteiger partial charge in [0, 0.05) is 23.7 Å². The minimum absolute atomic E-state index is 0.110. The van der Waals surface area contributed by atoms with Crippen LogP contribution >= 0.6 is 15.9 Å². The molecule has 19 heavy (non-hydrogen) atoms. The number of halogens is 2. The van der Waals surface area contributed by atoms with Crippen LogP contribution in [0, 0.1) is 5.82 Å². The Hall–Kier alpha value is -0.940. The second-order valence-corrected chi connectivity index (χ2v) is 5.61. The highest BCUT2D eigenvalue weighted by Gasteiger charge is 2.31. The van der Waals surface area contributed by atoms with E-state index in [9.17, 15) is 9.18 Å². The molecule has 0 spiro atoms. The number of aliphatic hydroxyl groups excluding tert-OH is 1. The predicted molar refractivity (Wildman–Crippen MR) is 74.5 cm³/mol. The number of aliphatic hydroxyl groups is 1. The van der Waals surface area contributed by atoms with Crippen molar-refractivity contribution in [1.29, 1.82) is 0 Å². The molecule has 1 heterocycles. The van der Waals surface area contributed by atoms with Gasteiger partial charge < -0.3 is 10.0 Å². The molecular formula is C14H17BrFNO2. The number of likely N-dealkylation sites (tertiary alicyclic amines) is 1. The minimum Gasteiger partial charge on any atom is -0.396 e. The molecule has 0 bridgehead atoms. The Morgan fingerprint density at radius 2 is 2.32 bits per heavy atom. The quantitative estimate of drug-likeness (QED) is 0.922. The Bertz CT molecular complexity index is 447. The summed E-state index contributed by atoms with van der Waals surface area (Å²) in [5, 5.41) is 8.89. The average Bonchev–Trinajstić information content (AvgIpc) is 2.84. The summed E-state index contributed by atoms with van der Waals surface area (Å²) in [6, 6.07) is 4.67. The van der Waals surface area contributed by atoms with E-state index in [1.807, 2.05) is 0 Å². The summed E-state index contributed by atoms with van der Waals surface area (Å²) in [6.07, 6.45) is 3.31. The smallest absolute Gasteiger partial charge is 0.258 e. The first-order chi connectivity index (χ1) is 9.15. The Morgan fingerprint density at radius 3 is 3.00 bits per heavy atom. The second kappa shape index (κ2) is 6.48. The summed E-state index contributed by atoms with van der Waals surface area (Å²) < 4.78 is 14.3. The van der Waals surface area contributed by atoms with Crippen molar-refractivity contribution in [2.24, 2.45) is 0 Å². The maximum atomic E-state index is 13.8. The highest BCUT2D eigenvalue weighted by molar-refractivity contribution is 9.10. The van der Waals surface area contributed by atoms with Crippen LogP contribution in [-0.2, 0) is 0 Å². The highest BCUT2D eigenvalue weighted by Crippen LogP contribution is 2.27. The third kappa shape index (κ3) is 3.15. The van der Waals surface area contributed by atoms with Gasteiger partial charge in [-0.3, -0.25) is 4.79 Å². The lowest BCUT2D eigenvalue weighted by molar-refractivity contribution is 0.0718. The maximum Gasteiger partial charge on any atom is 0.258 e. The number of benzene rings is 1. The molecule has 3 nitrogen and oxygen atoms in total. The molecule has 0 radical (unpaired) electrons. The first-order valence-corrected chi connectivity index (χ1v) is 7.30. The van der Waals surface area contributed by atoms with E-state index in [4.69, 9.17) is 5.11 Å². The number of carbonyl (C=O) groups excluding carboxylic acids is 1. The number of hydrogen-bond donors (Lipinski definition) is 1. The fourth-order valence-electron chi connectivity index (χ4n) is 2.58. The van der Waals surface area contributed by atoms with Gasteiger partial charge in [-0.25, -0.2) is 4.39 Å². The molecule has 1 atom stereocenters. The topological polar surface area (TPSA) is 40.5 Å². The van der Waals surface area contributed by atoms with Gasteiger partial charge in [-0.2, -0.15) is 0 Å². The Morgan fingerprint density at radius 1 is 1.53 bits per heavy atom. The average molecular weight is 330 g/mol. The third-order valence-corrected chi connectivity index (χ3v) is 4.17. The lowest BCUT2D eigenvalue weighted by Gasteiger charge is -2.25. The third-order valence-electron chi connectivity index (χ3n) is 3.51. The van der Waals surface area contributed by atoms with Gasteiger partial charge in [-0.05, 0) is 53.7 Å². The number of carbonyl (C=O) groups is 1. The lowest BCUT2D eigenvalue weighted by atomic mass is 10.1. The number of nitrogens with zero attached hydrogens (tertiary/aromatic N) is 1. The van der Waals surface area contributed by atoms with Crippen LogP contribution in [0.4, 0.5) is 4.39 Å². The molecule has 0 saturated carbocycles. The highest BCUT2D eigenvalue weighted by atomic mass is 79.9. The lowest BCUT2D eigenvalue weighted by Crippen LogP contribution is -2.36. The molecule has 104 valence electrons. The molecule has 1 aliphatic rings. The van der Waals surface area contributed by atoms with Gasteiger partial charge in [0.25, 0.3) is 5.91 Å². The van der Waals surface area contributed by atoms with Crippen molar-refractivity contribution < 1.29 is 14.3 Å². The van der Waals surface area contributed by atoms with Crippen LogP contribution in [0.25, 0.3) is 0 Å². The number of amides is 1. The van der Waals surface area contributed by atoms with Crippen molar-refractivity contribution in [2.75, 3.05) is 13.2 Å². The summed E-state index contributed by atoms with van der Waals surface area (Å²) in [6.45, 7) is 0.789. The van der Waals surface area contributed by atoms with Crippen molar-refractivity contribution >= 4 is 21.8 Å². The Labute approximate surface area is 120 Å². The van der Waals surface area contributed by atoms with Gasteiger partial charge >= 0.3 is 0 Å². The molecule has 1 fully saturated rings. The second-order valence-electron chi connectivity index (χ2n) is 4.76. The van der Waals surface area contributed by atoms with E-state index in [0.717, 1.165) is 19.3 Å². The maximum absolute atomic E-state index is 13.8. The first-order valence-electron chi connectivity index (χ1n) is 6.51. The number of hydrogen-bond acceptors (Lipinski definition) is 2. The van der Waals surface area contributed by atoms with Crippen molar-refractivity contribution in [3.05, 3.63) is 34.1 Å². The predicted octanol–water partition coefficient (Wildman–Crippen LogP) is 2.97. The zero-order chi connectivity index (χ0) is 13.8. The van der Waals surface area contributed by atoms with Gasteiger partial charge in [0.2, 0.25) is 0 Å². The van der Waals surface area contributed by atoms with E-state index < -0.39 is 5.82 Å². The van der Waals surface area contributed by atoms with Gasteiger partial charge in [-0.1, -0.05) is 6.07 Å². The van der Waals surface area contributed by atoms with Crippen molar-refractivity contribution in [2.45, 2.75) is 31.7 Å². The van der Waals surface area contributed by atoms with Crippen molar-refractivity contribution in [3.8, 4) is 0 Å². The molecule has 0 aliphatic carbocycles. The molecule has 1 aliphatic heterocycles. The fourth-order valence-corrected chi connectivity index (χ4v) is 3.09. The van der Waals surface area contributed by atoms with Crippen molar-refractivity contribution in [1.82, 2.24) is 4.90 Å². The van der Waals surface area contributed by atoms with E-state index in [0.29, 0.717) is 17.4 Å². The first kappa shape index (κ1) is 14.5. The van der Waals surface area contributed by atoms with E-state index in [-0.39, 0.29) is 24.1 Å². The van der Waals surface area contributed by atoms with Crippen LogP contribution in [0.5, 0.6) is 0 Å². The summed E-state index contributed by atoms with van der Waals surface area (Å²) >= 11 is 3.24. The largest absolute Gasteiger partial charge is 0.396 e. The van der Waals surface area contributed by atoms with Gasteiger partial charge in [-0.15, -0.1) is 0 Å². The summed E-state index contributed by atoms with van der Waals surface area (Å²) in [4.78, 5) is 14.2. The fraction of sp³-hybridized carbons (Fsp3) is 0.500. The molecule has 1 amide bonds. The van der Waals surface area contributed by atoms with E-state index in [1.165, 1.54) is 6.07 Å². The molecular weight excluding hydrogens is 313 g/mol. The molecule has 1 aromatic rings. The van der Waals surface area contributed by atoms with Crippen LogP contribution in [0.3, 0.4) is 0 Å². The molecule has 1 aromatic carbocycles. The van der Waals surface area contributed by atoms with Crippen LogP contribution in [0.2, 0.25) is 0 Å². The van der Waals surface area contributed by atoms with Crippen LogP contribution in [0.15, 0.2) is 22.7 Å². The normalized spacial score (nSPS) is 18.9. The standard InChI is InChI=1S/C14H17BrFNO2/c15-11-6-1-7-12(16)13(11)14(19)17-8-2-4-10(17)5-3-9-18/h1,6-7,10,18H,2-5,8-9H2. The molecule has 0 aromatic heterocycles. The summed E-state index contributed by atoms with van der Waals surface area (Å²) in [7, 11) is 0. The van der Waals surface area contributed by atoms with Crippen LogP contribution in [-0.4, -0.2) is 35.1 Å². The molecule has 1 unspecified atom stereocenters. The molecule has 1 N–H and O–H groups in total. The monoisotopic (exact) mass is 329 g/mol. The van der Waals surface area contributed by atoms with Crippen LogP contribution < -0.4 is 0 Å². The van der Waals surface area contributed by atoms with Crippen molar-refractivity contribution in [3.63, 3.8) is 0 Å². The summed E-state index contributed by atoms with van der Waals surface area (Å²) in [5.74, 6) is -0.752. The zero-order valence-electron chi connectivity index (χ0n) is 10.6. The van der Waals surface area contributed by atoms with E-state index >= 15 is 0 Å². The SMILES string of the molecule is O=C(c1c(F)cccc1Br)N1CCCC1CCCO. The Balaban J connectivity index is 2.18. The van der Waals surface area contributed by atoms with Gasteiger partial charge in [0.05, 0.1) is 5.56 Å². The zero-order valence-corrected chi connectivity index (χ0v) is 12.2. The number of rotatable bonds is 4. The Kier molecular flexibility index (Phi) is 4.93. The molecule has 2 rings (SSSR count).